The predicted octanol–water partition coefficient (Wildman–Crippen LogP) is 0.425. The first-order valence-corrected chi connectivity index (χ1v) is 5.38. The van der Waals surface area contributed by atoms with E-state index in [0.717, 1.165) is 32.5 Å². The third-order valence-electron chi connectivity index (χ3n) is 1.98. The summed E-state index contributed by atoms with van der Waals surface area (Å²) in [6, 6.07) is 0. The second-order valence-corrected chi connectivity index (χ2v) is 4.13. The molecule has 0 aromatic heterocycles. The predicted molar refractivity (Wildman–Crippen MR) is 45.4 cm³/mol. The van der Waals surface area contributed by atoms with Crippen molar-refractivity contribution in [2.75, 3.05) is 19.0 Å². The van der Waals surface area contributed by atoms with E-state index >= 15 is 0 Å². The van der Waals surface area contributed by atoms with Crippen molar-refractivity contribution < 1.29 is 8.95 Å². The number of nitrogens with two attached hydrogens (primary N) is 1. The van der Waals surface area contributed by atoms with E-state index in [9.17, 15) is 4.21 Å². The van der Waals surface area contributed by atoms with Crippen LogP contribution in [-0.4, -0.2) is 23.2 Å². The van der Waals surface area contributed by atoms with Gasteiger partial charge in [0.05, 0.1) is 11.0 Å². The standard InChI is InChI=1S/C7H15NO2S/c8-11(9)5-1-2-7-3-4-10-6-7/h7H,1-6,8H2. The van der Waals surface area contributed by atoms with Crippen LogP contribution in [0, 0.1) is 5.92 Å². The molecule has 1 aliphatic heterocycles. The van der Waals surface area contributed by atoms with E-state index in [1.807, 2.05) is 0 Å². The first-order chi connectivity index (χ1) is 5.29. The third kappa shape index (κ3) is 3.84. The van der Waals surface area contributed by atoms with E-state index in [1.54, 1.807) is 0 Å². The monoisotopic (exact) mass is 177 g/mol. The zero-order chi connectivity index (χ0) is 8.10. The summed E-state index contributed by atoms with van der Waals surface area (Å²) in [5.41, 5.74) is 0. The molecular weight excluding hydrogens is 162 g/mol. The van der Waals surface area contributed by atoms with Crippen molar-refractivity contribution in [1.29, 1.82) is 0 Å². The van der Waals surface area contributed by atoms with E-state index in [-0.39, 0.29) is 0 Å². The quantitative estimate of drug-likeness (QED) is 0.677. The minimum absolute atomic E-state index is 0.635. The van der Waals surface area contributed by atoms with Gasteiger partial charge in [-0.25, -0.2) is 4.21 Å². The van der Waals surface area contributed by atoms with Crippen molar-refractivity contribution >= 4 is 11.0 Å². The van der Waals surface area contributed by atoms with Gasteiger partial charge in [0.25, 0.3) is 0 Å². The van der Waals surface area contributed by atoms with Crippen molar-refractivity contribution in [3.63, 3.8) is 0 Å². The van der Waals surface area contributed by atoms with Gasteiger partial charge in [0, 0.05) is 19.0 Å². The van der Waals surface area contributed by atoms with Crippen LogP contribution in [-0.2, 0) is 15.7 Å². The van der Waals surface area contributed by atoms with Crippen molar-refractivity contribution in [2.45, 2.75) is 19.3 Å². The van der Waals surface area contributed by atoms with Gasteiger partial charge in [0.15, 0.2) is 0 Å². The minimum atomic E-state index is -1.11. The van der Waals surface area contributed by atoms with Gasteiger partial charge in [-0.1, -0.05) is 0 Å². The fourth-order valence-electron chi connectivity index (χ4n) is 1.33. The first-order valence-electron chi connectivity index (χ1n) is 3.99. The Labute approximate surface area is 69.9 Å². The summed E-state index contributed by atoms with van der Waals surface area (Å²) in [6.45, 7) is 1.79. The Morgan fingerprint density at radius 1 is 1.64 bits per heavy atom. The molecule has 2 unspecified atom stereocenters. The van der Waals surface area contributed by atoms with E-state index < -0.39 is 11.0 Å². The van der Waals surface area contributed by atoms with Gasteiger partial charge in [-0.05, 0) is 25.2 Å². The molecule has 1 heterocycles. The molecule has 3 nitrogen and oxygen atoms in total. The van der Waals surface area contributed by atoms with Crippen LogP contribution in [0.5, 0.6) is 0 Å². The van der Waals surface area contributed by atoms with Crippen molar-refractivity contribution in [2.24, 2.45) is 11.1 Å². The van der Waals surface area contributed by atoms with Crippen LogP contribution in [0.1, 0.15) is 19.3 Å². The lowest BCUT2D eigenvalue weighted by atomic mass is 10.0. The highest BCUT2D eigenvalue weighted by Crippen LogP contribution is 2.17. The normalized spacial score (nSPS) is 27.2. The molecule has 0 saturated carbocycles. The van der Waals surface area contributed by atoms with Gasteiger partial charge >= 0.3 is 0 Å². The maximum absolute atomic E-state index is 10.5. The lowest BCUT2D eigenvalue weighted by Gasteiger charge is -2.04. The van der Waals surface area contributed by atoms with Crippen molar-refractivity contribution in [1.82, 2.24) is 0 Å². The zero-order valence-electron chi connectivity index (χ0n) is 6.62. The highest BCUT2D eigenvalue weighted by atomic mass is 32.2. The van der Waals surface area contributed by atoms with Gasteiger partial charge < -0.3 is 4.74 Å². The van der Waals surface area contributed by atoms with E-state index in [2.05, 4.69) is 0 Å². The van der Waals surface area contributed by atoms with Gasteiger partial charge in [-0.2, -0.15) is 0 Å². The summed E-state index contributed by atoms with van der Waals surface area (Å²) < 4.78 is 15.7. The molecule has 11 heavy (non-hydrogen) atoms. The Kier molecular flexibility index (Phi) is 4.04. The van der Waals surface area contributed by atoms with E-state index in [1.165, 1.54) is 0 Å². The largest absolute Gasteiger partial charge is 0.381 e. The summed E-state index contributed by atoms with van der Waals surface area (Å²) in [6.07, 6.45) is 3.25. The smallest absolute Gasteiger partial charge is 0.0887 e. The molecule has 1 fully saturated rings. The maximum Gasteiger partial charge on any atom is 0.0887 e. The number of hydrogen-bond acceptors (Lipinski definition) is 2. The van der Waals surface area contributed by atoms with Gasteiger partial charge in [-0.3, -0.25) is 5.14 Å². The van der Waals surface area contributed by atoms with Crippen molar-refractivity contribution in [3.05, 3.63) is 0 Å². The van der Waals surface area contributed by atoms with Crippen LogP contribution in [0.2, 0.25) is 0 Å². The summed E-state index contributed by atoms with van der Waals surface area (Å²) in [5.74, 6) is 1.33. The van der Waals surface area contributed by atoms with Gasteiger partial charge in [0.2, 0.25) is 0 Å². The molecule has 0 amide bonds. The molecule has 0 aromatic carbocycles. The fraction of sp³-hybridized carbons (Fsp3) is 1.00. The van der Waals surface area contributed by atoms with E-state index in [0.29, 0.717) is 11.7 Å². The summed E-state index contributed by atoms with van der Waals surface area (Å²) in [7, 11) is -1.11. The molecule has 2 N–H and O–H groups in total. The van der Waals surface area contributed by atoms with Crippen LogP contribution in [0.25, 0.3) is 0 Å². The Hall–Kier alpha value is 0.0700. The SMILES string of the molecule is NS(=O)CCCC1CCOC1. The topological polar surface area (TPSA) is 52.3 Å². The Morgan fingerprint density at radius 3 is 3.00 bits per heavy atom. The van der Waals surface area contributed by atoms with Crippen LogP contribution < -0.4 is 5.14 Å². The molecule has 0 spiro atoms. The molecule has 4 heteroatoms. The fourth-order valence-corrected chi connectivity index (χ4v) is 1.78. The molecule has 0 aromatic rings. The van der Waals surface area contributed by atoms with Crippen molar-refractivity contribution in [3.8, 4) is 0 Å². The second kappa shape index (κ2) is 4.85. The second-order valence-electron chi connectivity index (χ2n) is 2.96. The number of ether oxygens (including phenoxy) is 1. The number of hydrogen-bond donors (Lipinski definition) is 1. The molecule has 1 saturated heterocycles. The molecule has 2 atom stereocenters. The summed E-state index contributed by atoms with van der Waals surface area (Å²) >= 11 is 0. The van der Waals surface area contributed by atoms with E-state index in [4.69, 9.17) is 9.88 Å². The van der Waals surface area contributed by atoms with Crippen LogP contribution in [0.15, 0.2) is 0 Å². The van der Waals surface area contributed by atoms with Gasteiger partial charge in [0.1, 0.15) is 0 Å². The van der Waals surface area contributed by atoms with Crippen LogP contribution in [0.4, 0.5) is 0 Å². The molecular formula is C7H15NO2S. The molecule has 0 bridgehead atoms. The van der Waals surface area contributed by atoms with Gasteiger partial charge in [-0.15, -0.1) is 0 Å². The van der Waals surface area contributed by atoms with Crippen LogP contribution >= 0.6 is 0 Å². The molecule has 66 valence electrons. The third-order valence-corrected chi connectivity index (χ3v) is 2.67. The Balaban J connectivity index is 1.98. The highest BCUT2D eigenvalue weighted by molar-refractivity contribution is 7.82. The Morgan fingerprint density at radius 2 is 2.45 bits per heavy atom. The lowest BCUT2D eigenvalue weighted by molar-refractivity contribution is 0.184. The van der Waals surface area contributed by atoms with Crippen LogP contribution in [0.3, 0.4) is 0 Å². The molecule has 1 aliphatic rings. The highest BCUT2D eigenvalue weighted by Gasteiger charge is 2.14. The molecule has 0 aliphatic carbocycles. The number of rotatable bonds is 4. The molecule has 1 rings (SSSR count). The average Bonchev–Trinajstić information content (AvgIpc) is 2.39. The average molecular weight is 177 g/mol. The lowest BCUT2D eigenvalue weighted by Crippen LogP contribution is -2.09. The summed E-state index contributed by atoms with van der Waals surface area (Å²) in [5, 5.41) is 5.12. The maximum atomic E-state index is 10.5. The first kappa shape index (κ1) is 9.16. The Bertz CT molecular complexity index is 134. The molecule has 0 radical (unpaired) electrons. The minimum Gasteiger partial charge on any atom is -0.381 e. The summed E-state index contributed by atoms with van der Waals surface area (Å²) in [4.78, 5) is 0. The zero-order valence-corrected chi connectivity index (χ0v) is 7.44.